The summed E-state index contributed by atoms with van der Waals surface area (Å²) in [5.74, 6) is 0. The lowest BCUT2D eigenvalue weighted by molar-refractivity contribution is 0.669. The van der Waals surface area contributed by atoms with Crippen molar-refractivity contribution in [3.8, 4) is 16.8 Å². The van der Waals surface area contributed by atoms with Crippen LogP contribution in [0.25, 0.3) is 82.5 Å². The molecule has 0 radical (unpaired) electrons. The first-order valence-corrected chi connectivity index (χ1v) is 17.6. The molecule has 0 saturated carbocycles. The SMILES string of the molecule is c1ccc(-c2ccc(N(c3ccc4oc5ccccc5c4c3)c3ccc4c5ccccc5n(-c5ccccc5)c4c3)c3c2oc2ccccc23)cc1. The maximum absolute atomic E-state index is 6.76. The van der Waals surface area contributed by atoms with Crippen LogP contribution in [0.1, 0.15) is 0 Å². The van der Waals surface area contributed by atoms with Gasteiger partial charge in [-0.3, -0.25) is 0 Å². The van der Waals surface area contributed by atoms with E-state index in [0.29, 0.717) is 0 Å². The molecule has 0 N–H and O–H groups in total. The number of para-hydroxylation sites is 4. The summed E-state index contributed by atoms with van der Waals surface area (Å²) in [5.41, 5.74) is 12.2. The lowest BCUT2D eigenvalue weighted by Gasteiger charge is -2.27. The van der Waals surface area contributed by atoms with Crippen LogP contribution >= 0.6 is 0 Å². The lowest BCUT2D eigenvalue weighted by atomic mass is 9.99. The van der Waals surface area contributed by atoms with Crippen molar-refractivity contribution in [2.24, 2.45) is 0 Å². The zero-order chi connectivity index (χ0) is 34.2. The van der Waals surface area contributed by atoms with Gasteiger partial charge in [-0.2, -0.15) is 0 Å². The molecule has 0 aliphatic rings. The molecule has 52 heavy (non-hydrogen) atoms. The Balaban J connectivity index is 1.24. The third kappa shape index (κ3) is 4.28. The molecule has 0 atom stereocenters. The Bertz CT molecular complexity index is 3130. The van der Waals surface area contributed by atoms with Crippen molar-refractivity contribution < 1.29 is 8.83 Å². The number of hydrogen-bond acceptors (Lipinski definition) is 3. The Hall–Kier alpha value is -7.04. The predicted octanol–water partition coefficient (Wildman–Crippen LogP) is 13.7. The average Bonchev–Trinajstić information content (AvgIpc) is 3.88. The van der Waals surface area contributed by atoms with Gasteiger partial charge in [-0.05, 0) is 78.4 Å². The molecule has 4 heteroatoms. The fraction of sp³-hybridized carbons (Fsp3) is 0. The minimum atomic E-state index is 0.859. The van der Waals surface area contributed by atoms with Crippen molar-refractivity contribution in [1.82, 2.24) is 4.57 Å². The Morgan fingerprint density at radius 2 is 1.02 bits per heavy atom. The van der Waals surface area contributed by atoms with E-state index in [1.807, 2.05) is 18.2 Å². The highest BCUT2D eigenvalue weighted by atomic mass is 16.3. The van der Waals surface area contributed by atoms with E-state index in [1.165, 1.54) is 16.3 Å². The second kappa shape index (κ2) is 11.2. The maximum Gasteiger partial charge on any atom is 0.145 e. The molecule has 11 rings (SSSR count). The summed E-state index contributed by atoms with van der Waals surface area (Å²) in [6.07, 6.45) is 0. The third-order valence-corrected chi connectivity index (χ3v) is 10.4. The monoisotopic (exact) mass is 666 g/mol. The normalized spacial score (nSPS) is 11.8. The number of aromatic nitrogens is 1. The molecular formula is C48H30N2O2. The molecule has 0 fully saturated rings. The molecule has 0 amide bonds. The Kier molecular flexibility index (Phi) is 6.22. The summed E-state index contributed by atoms with van der Waals surface area (Å²) in [7, 11) is 0. The molecular weight excluding hydrogens is 637 g/mol. The molecule has 3 heterocycles. The van der Waals surface area contributed by atoms with Gasteiger partial charge in [0.1, 0.15) is 22.3 Å². The van der Waals surface area contributed by atoms with Crippen LogP contribution in [0.2, 0.25) is 0 Å². The number of nitrogens with zero attached hydrogens (tertiary/aromatic N) is 2. The third-order valence-electron chi connectivity index (χ3n) is 10.4. The summed E-state index contributed by atoms with van der Waals surface area (Å²) in [4.78, 5) is 2.38. The predicted molar refractivity (Wildman–Crippen MR) is 215 cm³/mol. The van der Waals surface area contributed by atoms with Crippen LogP contribution in [0.3, 0.4) is 0 Å². The molecule has 0 unspecified atom stereocenters. The fourth-order valence-electron chi connectivity index (χ4n) is 8.08. The smallest absolute Gasteiger partial charge is 0.145 e. The van der Waals surface area contributed by atoms with Gasteiger partial charge in [0.15, 0.2) is 0 Å². The lowest BCUT2D eigenvalue weighted by Crippen LogP contribution is -2.10. The van der Waals surface area contributed by atoms with Crippen LogP contribution in [0.5, 0.6) is 0 Å². The molecule has 0 saturated heterocycles. The summed E-state index contributed by atoms with van der Waals surface area (Å²) in [6, 6.07) is 64.3. The van der Waals surface area contributed by atoms with Crippen LogP contribution in [0.4, 0.5) is 17.1 Å². The van der Waals surface area contributed by atoms with Crippen molar-refractivity contribution in [2.75, 3.05) is 4.90 Å². The molecule has 11 aromatic rings. The molecule has 0 aliphatic heterocycles. The highest BCUT2D eigenvalue weighted by Crippen LogP contribution is 2.48. The molecule has 3 aromatic heterocycles. The first-order valence-electron chi connectivity index (χ1n) is 17.6. The van der Waals surface area contributed by atoms with Gasteiger partial charge in [0.25, 0.3) is 0 Å². The van der Waals surface area contributed by atoms with Crippen molar-refractivity contribution in [2.45, 2.75) is 0 Å². The number of hydrogen-bond donors (Lipinski definition) is 0. The van der Waals surface area contributed by atoms with E-state index < -0.39 is 0 Å². The molecule has 0 bridgehead atoms. The Morgan fingerprint density at radius 3 is 1.85 bits per heavy atom. The minimum Gasteiger partial charge on any atom is -0.456 e. The first kappa shape index (κ1) is 28.8. The van der Waals surface area contributed by atoms with Crippen LogP contribution in [0, 0.1) is 0 Å². The minimum absolute atomic E-state index is 0.859. The zero-order valence-electron chi connectivity index (χ0n) is 28.0. The Morgan fingerprint density at radius 1 is 0.404 bits per heavy atom. The second-order valence-corrected chi connectivity index (χ2v) is 13.3. The second-order valence-electron chi connectivity index (χ2n) is 13.3. The zero-order valence-corrected chi connectivity index (χ0v) is 28.0. The highest BCUT2D eigenvalue weighted by Gasteiger charge is 2.24. The van der Waals surface area contributed by atoms with Crippen molar-refractivity contribution in [3.05, 3.63) is 182 Å². The van der Waals surface area contributed by atoms with Crippen molar-refractivity contribution in [3.63, 3.8) is 0 Å². The molecule has 0 aliphatic carbocycles. The van der Waals surface area contributed by atoms with E-state index in [0.717, 1.165) is 83.3 Å². The van der Waals surface area contributed by atoms with Gasteiger partial charge in [0, 0.05) is 49.6 Å². The van der Waals surface area contributed by atoms with Gasteiger partial charge >= 0.3 is 0 Å². The first-order chi connectivity index (χ1) is 25.8. The van der Waals surface area contributed by atoms with Crippen LogP contribution in [-0.2, 0) is 0 Å². The van der Waals surface area contributed by atoms with E-state index in [2.05, 4.69) is 173 Å². The molecule has 0 spiro atoms. The maximum atomic E-state index is 6.76. The largest absolute Gasteiger partial charge is 0.456 e. The summed E-state index contributed by atoms with van der Waals surface area (Å²) in [6.45, 7) is 0. The van der Waals surface area contributed by atoms with Gasteiger partial charge in [-0.1, -0.05) is 109 Å². The van der Waals surface area contributed by atoms with Gasteiger partial charge in [-0.25, -0.2) is 0 Å². The molecule has 244 valence electrons. The summed E-state index contributed by atoms with van der Waals surface area (Å²) in [5, 5.41) is 6.74. The topological polar surface area (TPSA) is 34.5 Å². The van der Waals surface area contributed by atoms with E-state index in [-0.39, 0.29) is 0 Å². The molecule has 4 nitrogen and oxygen atoms in total. The number of anilines is 3. The molecule has 8 aromatic carbocycles. The highest BCUT2D eigenvalue weighted by molar-refractivity contribution is 6.18. The van der Waals surface area contributed by atoms with Gasteiger partial charge in [0.2, 0.25) is 0 Å². The van der Waals surface area contributed by atoms with E-state index in [9.17, 15) is 0 Å². The average molecular weight is 667 g/mol. The van der Waals surface area contributed by atoms with Gasteiger partial charge in [-0.15, -0.1) is 0 Å². The number of fused-ring (bicyclic) bond motifs is 9. The van der Waals surface area contributed by atoms with Crippen molar-refractivity contribution >= 4 is 82.7 Å². The number of furan rings is 2. The number of benzene rings is 8. The standard InChI is InChI=1S/C48H30N2O2/c1-3-13-31(14-4-1)35-26-27-42(47-39-19-9-12-22-45(39)52-48(35)47)49(33-24-28-46-40(29-33)38-18-8-11-21-44(38)51-46)34-23-25-37-36-17-7-10-20-41(36)50(43(37)30-34)32-15-5-2-6-16-32/h1-30H. The summed E-state index contributed by atoms with van der Waals surface area (Å²) < 4.78 is 15.4. The van der Waals surface area contributed by atoms with E-state index >= 15 is 0 Å². The van der Waals surface area contributed by atoms with Crippen LogP contribution in [-0.4, -0.2) is 4.57 Å². The Labute approximate surface area is 299 Å². The fourth-order valence-corrected chi connectivity index (χ4v) is 8.08. The van der Waals surface area contributed by atoms with Crippen LogP contribution < -0.4 is 4.90 Å². The van der Waals surface area contributed by atoms with E-state index in [1.54, 1.807) is 0 Å². The van der Waals surface area contributed by atoms with E-state index in [4.69, 9.17) is 8.83 Å². The number of rotatable bonds is 5. The van der Waals surface area contributed by atoms with Crippen LogP contribution in [0.15, 0.2) is 191 Å². The van der Waals surface area contributed by atoms with Gasteiger partial charge in [0.05, 0.1) is 22.1 Å². The van der Waals surface area contributed by atoms with Crippen molar-refractivity contribution in [1.29, 1.82) is 0 Å². The quantitative estimate of drug-likeness (QED) is 0.183. The van der Waals surface area contributed by atoms with Gasteiger partial charge < -0.3 is 18.3 Å². The summed E-state index contributed by atoms with van der Waals surface area (Å²) >= 11 is 0.